The molecule has 1 aliphatic rings. The van der Waals surface area contributed by atoms with Crippen LogP contribution in [0.2, 0.25) is 0 Å². The summed E-state index contributed by atoms with van der Waals surface area (Å²) in [6.45, 7) is 7.07. The molecule has 0 atom stereocenters. The summed E-state index contributed by atoms with van der Waals surface area (Å²) in [6.07, 6.45) is 2.24. The number of rotatable bonds is 6. The molecule has 0 unspecified atom stereocenters. The summed E-state index contributed by atoms with van der Waals surface area (Å²) in [6, 6.07) is 3.49. The Morgan fingerprint density at radius 1 is 1.32 bits per heavy atom. The smallest absolute Gasteiger partial charge is 0.371 e. The number of hydrogen-bond acceptors (Lipinski definition) is 6. The number of nitrogens with two attached hydrogens (primary N) is 1. The van der Waals surface area contributed by atoms with Gasteiger partial charge in [0.25, 0.3) is 11.6 Å². The van der Waals surface area contributed by atoms with Crippen molar-refractivity contribution in [2.45, 2.75) is 26.7 Å². The standard InChI is InChI=1S/C13H22N4O4S/c1-3-15(4-2)13-10-11(16-7-5-6-8-16)9-12(14)17(13)21-22(18,19)20/h9-10,14H,3-8H2,1-2H3,(H,18,19,20)/p+1. The first-order valence-corrected chi connectivity index (χ1v) is 8.75. The van der Waals surface area contributed by atoms with E-state index in [1.54, 1.807) is 6.07 Å². The van der Waals surface area contributed by atoms with E-state index < -0.39 is 10.4 Å². The highest BCUT2D eigenvalue weighted by atomic mass is 32.3. The molecule has 0 spiro atoms. The number of nitrogens with zero attached hydrogens (tertiary/aromatic N) is 3. The van der Waals surface area contributed by atoms with Crippen molar-refractivity contribution in [1.82, 2.24) is 0 Å². The van der Waals surface area contributed by atoms with Crippen molar-refractivity contribution in [3.8, 4) is 0 Å². The van der Waals surface area contributed by atoms with E-state index in [1.807, 2.05) is 24.8 Å². The van der Waals surface area contributed by atoms with E-state index in [0.29, 0.717) is 18.9 Å². The Bertz CT molecular complexity index is 625. The molecule has 3 N–H and O–H groups in total. The van der Waals surface area contributed by atoms with Gasteiger partial charge in [-0.05, 0) is 31.4 Å². The summed E-state index contributed by atoms with van der Waals surface area (Å²) in [5.74, 6) is 0.605. The highest BCUT2D eigenvalue weighted by Gasteiger charge is 2.26. The van der Waals surface area contributed by atoms with Gasteiger partial charge in [-0.1, -0.05) is 0 Å². The molecule has 124 valence electrons. The molecule has 1 aromatic rings. The van der Waals surface area contributed by atoms with Crippen LogP contribution in [0.5, 0.6) is 0 Å². The molecule has 22 heavy (non-hydrogen) atoms. The van der Waals surface area contributed by atoms with E-state index >= 15 is 0 Å². The molecule has 2 rings (SSSR count). The molecular weight excluding hydrogens is 308 g/mol. The number of pyridine rings is 1. The van der Waals surface area contributed by atoms with Crippen molar-refractivity contribution < 1.29 is 22.0 Å². The molecule has 0 aliphatic carbocycles. The Balaban J connectivity index is 2.51. The molecule has 9 heteroatoms. The van der Waals surface area contributed by atoms with Gasteiger partial charge in [0.05, 0.1) is 18.8 Å². The van der Waals surface area contributed by atoms with Crippen LogP contribution in [0.4, 0.5) is 17.3 Å². The van der Waals surface area contributed by atoms with E-state index in [4.69, 9.17) is 10.3 Å². The molecule has 1 fully saturated rings. The van der Waals surface area contributed by atoms with Gasteiger partial charge in [-0.2, -0.15) is 8.42 Å². The molecule has 0 amide bonds. The van der Waals surface area contributed by atoms with Crippen LogP contribution in [0.1, 0.15) is 26.7 Å². The van der Waals surface area contributed by atoms with E-state index in [0.717, 1.165) is 36.3 Å². The molecule has 1 saturated heterocycles. The Morgan fingerprint density at radius 3 is 2.41 bits per heavy atom. The van der Waals surface area contributed by atoms with Crippen molar-refractivity contribution in [3.05, 3.63) is 12.1 Å². The lowest BCUT2D eigenvalue weighted by molar-refractivity contribution is -0.834. The lowest BCUT2D eigenvalue weighted by Crippen LogP contribution is -2.52. The fraction of sp³-hybridized carbons (Fsp3) is 0.615. The van der Waals surface area contributed by atoms with Crippen LogP contribution in [0.15, 0.2) is 12.1 Å². The summed E-state index contributed by atoms with van der Waals surface area (Å²) >= 11 is 0. The van der Waals surface area contributed by atoms with Crippen LogP contribution in [-0.4, -0.2) is 39.1 Å². The van der Waals surface area contributed by atoms with Gasteiger partial charge >= 0.3 is 10.4 Å². The van der Waals surface area contributed by atoms with Crippen LogP contribution >= 0.6 is 0 Å². The topological polar surface area (TPSA) is 100.0 Å². The predicted molar refractivity (Wildman–Crippen MR) is 84.2 cm³/mol. The third-order valence-electron chi connectivity index (χ3n) is 3.74. The molecule has 1 aromatic heterocycles. The monoisotopic (exact) mass is 331 g/mol. The lowest BCUT2D eigenvalue weighted by Gasteiger charge is -2.22. The van der Waals surface area contributed by atoms with E-state index in [2.05, 4.69) is 9.18 Å². The van der Waals surface area contributed by atoms with Gasteiger partial charge in [0.15, 0.2) is 0 Å². The SMILES string of the molecule is CCN(CC)c1cc(N2CCCC2)cc(N)[n+]1OS(=O)(=O)O. The van der Waals surface area contributed by atoms with Crippen LogP contribution in [0.3, 0.4) is 0 Å². The Labute approximate surface area is 131 Å². The predicted octanol–water partition coefficient (Wildman–Crippen LogP) is 0.234. The zero-order chi connectivity index (χ0) is 16.3. The minimum absolute atomic E-state index is 0.115. The second kappa shape index (κ2) is 6.57. The lowest BCUT2D eigenvalue weighted by atomic mass is 10.3. The first-order chi connectivity index (χ1) is 10.4. The highest BCUT2D eigenvalue weighted by Crippen LogP contribution is 2.25. The Morgan fingerprint density at radius 2 is 1.91 bits per heavy atom. The van der Waals surface area contributed by atoms with Gasteiger partial charge in [0.1, 0.15) is 0 Å². The molecule has 1 aliphatic heterocycles. The maximum atomic E-state index is 11.1. The number of anilines is 3. The zero-order valence-corrected chi connectivity index (χ0v) is 13.7. The maximum absolute atomic E-state index is 11.1. The first kappa shape index (κ1) is 16.6. The van der Waals surface area contributed by atoms with Crippen molar-refractivity contribution in [2.24, 2.45) is 0 Å². The summed E-state index contributed by atoms with van der Waals surface area (Å²) < 4.78 is 36.7. The van der Waals surface area contributed by atoms with Gasteiger partial charge in [-0.15, -0.1) is 0 Å². The second-order valence-corrected chi connectivity index (χ2v) is 6.16. The van der Waals surface area contributed by atoms with Crippen molar-refractivity contribution in [2.75, 3.05) is 41.7 Å². The molecule has 0 bridgehead atoms. The molecule has 0 aromatic carbocycles. The van der Waals surface area contributed by atoms with Crippen LogP contribution in [0, 0.1) is 0 Å². The van der Waals surface area contributed by atoms with Crippen LogP contribution in [0.25, 0.3) is 0 Å². The summed E-state index contributed by atoms with van der Waals surface area (Å²) in [4.78, 5) is 4.10. The van der Waals surface area contributed by atoms with Crippen molar-refractivity contribution in [1.29, 1.82) is 0 Å². The summed E-state index contributed by atoms with van der Waals surface area (Å²) in [5, 5.41) is 0. The molecule has 8 nitrogen and oxygen atoms in total. The van der Waals surface area contributed by atoms with Gasteiger partial charge in [0.2, 0.25) is 0 Å². The number of hydrogen-bond donors (Lipinski definition) is 2. The minimum Gasteiger partial charge on any atom is -0.371 e. The largest absolute Gasteiger partial charge is 0.476 e. The summed E-state index contributed by atoms with van der Waals surface area (Å²) in [7, 11) is -4.66. The fourth-order valence-electron chi connectivity index (χ4n) is 2.68. The Hall–Kier alpha value is -1.74. The average Bonchev–Trinajstić information content (AvgIpc) is 2.96. The van der Waals surface area contributed by atoms with Gasteiger partial charge < -0.3 is 10.6 Å². The van der Waals surface area contributed by atoms with E-state index in [-0.39, 0.29) is 5.82 Å². The number of nitrogen functional groups attached to an aromatic ring is 1. The second-order valence-electron chi connectivity index (χ2n) is 5.16. The van der Waals surface area contributed by atoms with Gasteiger partial charge in [0, 0.05) is 25.2 Å². The van der Waals surface area contributed by atoms with Crippen molar-refractivity contribution >= 4 is 27.7 Å². The minimum atomic E-state index is -4.66. The zero-order valence-electron chi connectivity index (χ0n) is 12.9. The third-order valence-corrected chi connectivity index (χ3v) is 4.08. The molecule has 2 heterocycles. The quantitative estimate of drug-likeness (QED) is 0.569. The number of aromatic nitrogens is 1. The average molecular weight is 331 g/mol. The van der Waals surface area contributed by atoms with Crippen molar-refractivity contribution in [3.63, 3.8) is 0 Å². The Kier molecular flexibility index (Phi) is 4.97. The normalized spacial score (nSPS) is 15.1. The maximum Gasteiger partial charge on any atom is 0.476 e. The van der Waals surface area contributed by atoms with E-state index in [9.17, 15) is 8.42 Å². The fourth-order valence-corrected chi connectivity index (χ4v) is 3.03. The highest BCUT2D eigenvalue weighted by molar-refractivity contribution is 7.80. The molecular formula is C13H23N4O4S+. The molecule has 0 radical (unpaired) electrons. The van der Waals surface area contributed by atoms with Gasteiger partial charge in [-0.25, -0.2) is 4.28 Å². The third kappa shape index (κ3) is 3.72. The van der Waals surface area contributed by atoms with Gasteiger partial charge in [-0.3, -0.25) is 9.45 Å². The van der Waals surface area contributed by atoms with Crippen LogP contribution < -0.4 is 24.5 Å². The van der Waals surface area contributed by atoms with E-state index in [1.165, 1.54) is 0 Å². The van der Waals surface area contributed by atoms with Crippen LogP contribution in [-0.2, 0) is 10.4 Å². The first-order valence-electron chi connectivity index (χ1n) is 7.38. The summed E-state index contributed by atoms with van der Waals surface area (Å²) in [5.41, 5.74) is 6.88. The molecule has 0 saturated carbocycles.